The number of halogens is 6. The lowest BCUT2D eigenvalue weighted by Crippen LogP contribution is -2.27. The molecule has 1 aromatic heterocycles. The highest BCUT2D eigenvalue weighted by Crippen LogP contribution is 2.16. The molecule has 2 heterocycles. The van der Waals surface area contributed by atoms with E-state index >= 15 is 0 Å². The molecule has 0 unspecified atom stereocenters. The van der Waals surface area contributed by atoms with Crippen LogP contribution in [0.4, 0.5) is 26.3 Å². The fourth-order valence-electron chi connectivity index (χ4n) is 3.50. The van der Waals surface area contributed by atoms with Gasteiger partial charge in [-0.3, -0.25) is 9.80 Å². The Kier molecular flexibility index (Phi) is 12.9. The standard InChI is InChI=1S/C20H27N5.2C2HF3O2/c1-3-23(4-2)16-19-14-22-20-8-9-24(10-11-25(19)20)15-18-7-5-6-17(12-18)13-21;2*3-2(4,5)1(6)7/h5-7,12,14H,3-4,8-11,15-16H2,1-2H3;2*(H,6,7). The van der Waals surface area contributed by atoms with E-state index in [1.165, 1.54) is 17.1 Å². The molecule has 1 aromatic carbocycles. The Balaban J connectivity index is 0.000000449. The van der Waals surface area contributed by atoms with Crippen LogP contribution in [0.25, 0.3) is 0 Å². The molecule has 0 amide bonds. The minimum absolute atomic E-state index is 0.738. The quantitative estimate of drug-likeness (QED) is 0.506. The van der Waals surface area contributed by atoms with E-state index in [1.54, 1.807) is 0 Å². The van der Waals surface area contributed by atoms with Gasteiger partial charge in [0.05, 0.1) is 17.3 Å². The van der Waals surface area contributed by atoms with Crippen molar-refractivity contribution >= 4 is 11.9 Å². The minimum atomic E-state index is -5.08. The second-order valence-electron chi connectivity index (χ2n) is 8.22. The van der Waals surface area contributed by atoms with Gasteiger partial charge in [0.25, 0.3) is 0 Å². The van der Waals surface area contributed by atoms with Crippen molar-refractivity contribution in [2.45, 2.75) is 52.3 Å². The van der Waals surface area contributed by atoms with Crippen molar-refractivity contribution < 1.29 is 46.1 Å². The van der Waals surface area contributed by atoms with Crippen LogP contribution in [-0.2, 0) is 35.6 Å². The third-order valence-corrected chi connectivity index (χ3v) is 5.54. The van der Waals surface area contributed by atoms with Crippen LogP contribution in [-0.4, -0.2) is 80.0 Å². The molecule has 39 heavy (non-hydrogen) atoms. The Morgan fingerprint density at radius 3 is 2.08 bits per heavy atom. The van der Waals surface area contributed by atoms with Crippen molar-refractivity contribution in [3.63, 3.8) is 0 Å². The predicted octanol–water partition coefficient (Wildman–Crippen LogP) is 3.92. The lowest BCUT2D eigenvalue weighted by Gasteiger charge is -2.21. The molecule has 1 aliphatic heterocycles. The lowest BCUT2D eigenvalue weighted by atomic mass is 10.1. The number of carboxylic acids is 2. The third kappa shape index (κ3) is 11.7. The number of hydrogen-bond donors (Lipinski definition) is 2. The van der Waals surface area contributed by atoms with Crippen LogP contribution in [0.5, 0.6) is 0 Å². The zero-order valence-electron chi connectivity index (χ0n) is 21.3. The molecule has 0 atom stereocenters. The Hall–Kier alpha value is -3.64. The third-order valence-electron chi connectivity index (χ3n) is 5.54. The molecule has 0 spiro atoms. The molecule has 1 aliphatic rings. The molecule has 0 saturated carbocycles. The van der Waals surface area contributed by atoms with Crippen molar-refractivity contribution in [2.75, 3.05) is 26.2 Å². The monoisotopic (exact) mass is 565 g/mol. The molecule has 2 aromatic rings. The summed E-state index contributed by atoms with van der Waals surface area (Å²) in [5.41, 5.74) is 3.27. The number of fused-ring (bicyclic) bond motifs is 1. The van der Waals surface area contributed by atoms with Gasteiger partial charge in [-0.15, -0.1) is 0 Å². The molecule has 9 nitrogen and oxygen atoms in total. The second-order valence-corrected chi connectivity index (χ2v) is 8.22. The summed E-state index contributed by atoms with van der Waals surface area (Å²) in [6, 6.07) is 10.2. The van der Waals surface area contributed by atoms with Crippen LogP contribution < -0.4 is 0 Å². The van der Waals surface area contributed by atoms with E-state index in [4.69, 9.17) is 25.1 Å². The fraction of sp³-hybridized carbons (Fsp3) is 0.500. The molecular formula is C24H29F6N5O4. The van der Waals surface area contributed by atoms with E-state index in [1.807, 2.05) is 18.2 Å². The number of hydrogen-bond acceptors (Lipinski definition) is 6. The Morgan fingerprint density at radius 1 is 1.03 bits per heavy atom. The maximum Gasteiger partial charge on any atom is 0.490 e. The maximum absolute atomic E-state index is 10.6. The fourth-order valence-corrected chi connectivity index (χ4v) is 3.50. The summed E-state index contributed by atoms with van der Waals surface area (Å²) < 4.78 is 65.9. The Morgan fingerprint density at radius 2 is 1.59 bits per heavy atom. The first-order valence-corrected chi connectivity index (χ1v) is 11.7. The van der Waals surface area contributed by atoms with E-state index in [2.05, 4.69) is 51.5 Å². The molecule has 216 valence electrons. The number of nitriles is 1. The highest BCUT2D eigenvalue weighted by Gasteiger charge is 2.38. The average molecular weight is 566 g/mol. The lowest BCUT2D eigenvalue weighted by molar-refractivity contribution is -0.193. The highest BCUT2D eigenvalue weighted by molar-refractivity contribution is 5.73. The summed E-state index contributed by atoms with van der Waals surface area (Å²) in [6.45, 7) is 11.4. The van der Waals surface area contributed by atoms with E-state index in [0.29, 0.717) is 0 Å². The zero-order valence-corrected chi connectivity index (χ0v) is 21.3. The predicted molar refractivity (Wildman–Crippen MR) is 126 cm³/mol. The topological polar surface area (TPSA) is 123 Å². The highest BCUT2D eigenvalue weighted by atomic mass is 19.4. The van der Waals surface area contributed by atoms with Crippen molar-refractivity contribution in [3.05, 3.63) is 53.1 Å². The van der Waals surface area contributed by atoms with Crippen LogP contribution in [0.3, 0.4) is 0 Å². The van der Waals surface area contributed by atoms with Gasteiger partial charge in [0.2, 0.25) is 0 Å². The molecule has 0 aliphatic carbocycles. The SMILES string of the molecule is CCN(CC)Cc1cnc2n1CCN(Cc1cccc(C#N)c1)CC2.O=C(O)C(F)(F)F.O=C(O)C(F)(F)F. The molecule has 0 bridgehead atoms. The summed E-state index contributed by atoms with van der Waals surface area (Å²) in [7, 11) is 0. The second kappa shape index (κ2) is 15.1. The zero-order chi connectivity index (χ0) is 29.8. The summed E-state index contributed by atoms with van der Waals surface area (Å²) >= 11 is 0. The van der Waals surface area contributed by atoms with E-state index < -0.39 is 24.3 Å². The van der Waals surface area contributed by atoms with E-state index in [-0.39, 0.29) is 0 Å². The summed E-state index contributed by atoms with van der Waals surface area (Å²) in [5.74, 6) is -4.31. The van der Waals surface area contributed by atoms with Gasteiger partial charge in [-0.1, -0.05) is 26.0 Å². The Labute approximate surface area is 220 Å². The number of aliphatic carboxylic acids is 2. The van der Waals surface area contributed by atoms with Gasteiger partial charge in [0.15, 0.2) is 0 Å². The molecule has 0 saturated heterocycles. The molecular weight excluding hydrogens is 536 g/mol. The first kappa shape index (κ1) is 33.4. The molecule has 15 heteroatoms. The number of carboxylic acid groups (broad SMARTS) is 2. The van der Waals surface area contributed by atoms with Gasteiger partial charge < -0.3 is 14.8 Å². The van der Waals surface area contributed by atoms with Crippen LogP contribution in [0.2, 0.25) is 0 Å². The van der Waals surface area contributed by atoms with E-state index in [9.17, 15) is 26.3 Å². The van der Waals surface area contributed by atoms with Crippen LogP contribution in [0.15, 0.2) is 30.5 Å². The van der Waals surface area contributed by atoms with Gasteiger partial charge >= 0.3 is 24.3 Å². The van der Waals surface area contributed by atoms with Crippen LogP contribution in [0.1, 0.15) is 36.5 Å². The number of alkyl halides is 6. The molecule has 0 radical (unpaired) electrons. The molecule has 3 rings (SSSR count). The van der Waals surface area contributed by atoms with Crippen molar-refractivity contribution in [1.82, 2.24) is 19.4 Å². The number of carbonyl (C=O) groups is 2. The summed E-state index contributed by atoms with van der Waals surface area (Å²) in [5, 5.41) is 23.3. The van der Waals surface area contributed by atoms with Crippen molar-refractivity contribution in [3.8, 4) is 6.07 Å². The normalized spacial score (nSPS) is 13.6. The van der Waals surface area contributed by atoms with Gasteiger partial charge in [0.1, 0.15) is 5.82 Å². The van der Waals surface area contributed by atoms with Crippen LogP contribution in [0, 0.1) is 11.3 Å². The largest absolute Gasteiger partial charge is 0.490 e. The smallest absolute Gasteiger partial charge is 0.475 e. The molecule has 2 N–H and O–H groups in total. The minimum Gasteiger partial charge on any atom is -0.475 e. The van der Waals surface area contributed by atoms with Crippen LogP contribution >= 0.6 is 0 Å². The first-order chi connectivity index (χ1) is 18.1. The Bertz CT molecular complexity index is 1100. The number of rotatable bonds is 6. The maximum atomic E-state index is 10.6. The summed E-state index contributed by atoms with van der Waals surface area (Å²) in [6.07, 6.45) is -7.13. The van der Waals surface area contributed by atoms with Gasteiger partial charge in [-0.2, -0.15) is 31.6 Å². The number of imidazole rings is 1. The van der Waals surface area contributed by atoms with Crippen molar-refractivity contribution in [1.29, 1.82) is 5.26 Å². The first-order valence-electron chi connectivity index (χ1n) is 11.7. The van der Waals surface area contributed by atoms with Gasteiger partial charge in [-0.25, -0.2) is 14.6 Å². The number of benzene rings is 1. The molecule has 0 fully saturated rings. The van der Waals surface area contributed by atoms with Crippen molar-refractivity contribution in [2.24, 2.45) is 0 Å². The van der Waals surface area contributed by atoms with Gasteiger partial charge in [-0.05, 0) is 30.8 Å². The summed E-state index contributed by atoms with van der Waals surface area (Å²) in [4.78, 5) is 27.4. The van der Waals surface area contributed by atoms with Gasteiger partial charge in [0, 0.05) is 45.3 Å². The van der Waals surface area contributed by atoms with E-state index in [0.717, 1.165) is 57.8 Å². The average Bonchev–Trinajstić information content (AvgIpc) is 3.13. The number of nitrogens with zero attached hydrogens (tertiary/aromatic N) is 5. The number of aromatic nitrogens is 2.